The van der Waals surface area contributed by atoms with Crippen molar-refractivity contribution in [3.05, 3.63) is 60.4 Å². The molecule has 31 heavy (non-hydrogen) atoms. The number of anilines is 1. The Morgan fingerprint density at radius 2 is 1.68 bits per heavy atom. The SMILES string of the molecule is COc1ccc2c(c1)C(C)(C)C1(C=Nc3c(c4cccnc4c4ncccc34)O1)N2C. The van der Waals surface area contributed by atoms with Gasteiger partial charge in [0, 0.05) is 35.9 Å². The predicted octanol–water partition coefficient (Wildman–Crippen LogP) is 5.01. The topological polar surface area (TPSA) is 59.8 Å². The second-order valence-corrected chi connectivity index (χ2v) is 8.60. The first-order valence-electron chi connectivity index (χ1n) is 10.3. The first-order chi connectivity index (χ1) is 15.0. The van der Waals surface area contributed by atoms with Crippen molar-refractivity contribution >= 4 is 39.4 Å². The third-order valence-corrected chi connectivity index (χ3v) is 6.81. The molecule has 1 spiro atoms. The number of rotatable bonds is 1. The summed E-state index contributed by atoms with van der Waals surface area (Å²) in [4.78, 5) is 16.4. The van der Waals surface area contributed by atoms with E-state index in [0.29, 0.717) is 0 Å². The van der Waals surface area contributed by atoms with Crippen molar-refractivity contribution < 1.29 is 9.47 Å². The molecule has 2 aromatic heterocycles. The van der Waals surface area contributed by atoms with Crippen molar-refractivity contribution in [2.24, 2.45) is 4.99 Å². The van der Waals surface area contributed by atoms with E-state index in [2.05, 4.69) is 47.9 Å². The van der Waals surface area contributed by atoms with E-state index in [9.17, 15) is 0 Å². The molecule has 6 rings (SSSR count). The number of methoxy groups -OCH3 is 1. The summed E-state index contributed by atoms with van der Waals surface area (Å²) < 4.78 is 12.5. The Kier molecular flexibility index (Phi) is 3.47. The molecular formula is C25H22N4O2. The van der Waals surface area contributed by atoms with Crippen LogP contribution < -0.4 is 14.4 Å². The van der Waals surface area contributed by atoms with Crippen LogP contribution in [0.4, 0.5) is 11.4 Å². The summed E-state index contributed by atoms with van der Waals surface area (Å²) in [5.41, 5.74) is 3.55. The van der Waals surface area contributed by atoms with Crippen LogP contribution in [-0.4, -0.2) is 36.1 Å². The zero-order valence-electron chi connectivity index (χ0n) is 17.9. The van der Waals surface area contributed by atoms with E-state index in [4.69, 9.17) is 14.5 Å². The van der Waals surface area contributed by atoms with Gasteiger partial charge in [-0.1, -0.05) is 0 Å². The number of fused-ring (bicyclic) bond motifs is 7. The summed E-state index contributed by atoms with van der Waals surface area (Å²) in [7, 11) is 3.75. The molecular weight excluding hydrogens is 388 g/mol. The maximum absolute atomic E-state index is 6.95. The quantitative estimate of drug-likeness (QED) is 0.413. The largest absolute Gasteiger partial charge is 0.497 e. The third kappa shape index (κ3) is 2.14. The molecule has 0 fully saturated rings. The fraction of sp³-hybridized carbons (Fsp3) is 0.240. The van der Waals surface area contributed by atoms with Crippen LogP contribution in [0, 0.1) is 0 Å². The van der Waals surface area contributed by atoms with Gasteiger partial charge in [0.1, 0.15) is 17.0 Å². The summed E-state index contributed by atoms with van der Waals surface area (Å²) in [5.74, 6) is 1.57. The Labute approximate surface area is 180 Å². The summed E-state index contributed by atoms with van der Waals surface area (Å²) in [6.07, 6.45) is 5.52. The molecule has 0 saturated carbocycles. The first kappa shape index (κ1) is 18.1. The molecule has 6 heteroatoms. The van der Waals surface area contributed by atoms with Crippen LogP contribution >= 0.6 is 0 Å². The van der Waals surface area contributed by atoms with Gasteiger partial charge in [0.15, 0.2) is 5.75 Å². The van der Waals surface area contributed by atoms with E-state index < -0.39 is 5.72 Å². The summed E-state index contributed by atoms with van der Waals surface area (Å²) in [6, 6.07) is 14.1. The number of aromatic nitrogens is 2. The Morgan fingerprint density at radius 3 is 2.42 bits per heavy atom. The molecule has 6 nitrogen and oxygen atoms in total. The average molecular weight is 410 g/mol. The minimum Gasteiger partial charge on any atom is -0.497 e. The maximum atomic E-state index is 6.95. The Hall–Kier alpha value is -3.67. The molecule has 0 saturated heterocycles. The smallest absolute Gasteiger partial charge is 0.228 e. The molecule has 2 aliphatic rings. The number of ether oxygens (including phenoxy) is 2. The summed E-state index contributed by atoms with van der Waals surface area (Å²) >= 11 is 0. The zero-order valence-corrected chi connectivity index (χ0v) is 17.9. The van der Waals surface area contributed by atoms with Gasteiger partial charge in [-0.25, -0.2) is 0 Å². The van der Waals surface area contributed by atoms with E-state index in [0.717, 1.165) is 50.2 Å². The molecule has 0 bridgehead atoms. The first-order valence-corrected chi connectivity index (χ1v) is 10.3. The van der Waals surface area contributed by atoms with Crippen molar-refractivity contribution in [2.45, 2.75) is 25.0 Å². The van der Waals surface area contributed by atoms with E-state index in [1.807, 2.05) is 36.5 Å². The van der Waals surface area contributed by atoms with Gasteiger partial charge in [-0.2, -0.15) is 0 Å². The highest BCUT2D eigenvalue weighted by molar-refractivity contribution is 6.14. The molecule has 1 unspecified atom stereocenters. The Bertz CT molecular complexity index is 1410. The van der Waals surface area contributed by atoms with Crippen molar-refractivity contribution in [2.75, 3.05) is 19.1 Å². The van der Waals surface area contributed by atoms with Crippen LogP contribution in [0.5, 0.6) is 11.5 Å². The highest BCUT2D eigenvalue weighted by Gasteiger charge is 2.59. The molecule has 154 valence electrons. The minimum atomic E-state index is -0.784. The monoisotopic (exact) mass is 410 g/mol. The van der Waals surface area contributed by atoms with E-state index >= 15 is 0 Å². The second kappa shape index (κ2) is 5.94. The number of hydrogen-bond acceptors (Lipinski definition) is 6. The van der Waals surface area contributed by atoms with Gasteiger partial charge in [0.2, 0.25) is 5.72 Å². The van der Waals surface area contributed by atoms with Gasteiger partial charge in [-0.15, -0.1) is 0 Å². The zero-order chi connectivity index (χ0) is 21.4. The highest BCUT2D eigenvalue weighted by Crippen LogP contribution is 2.56. The number of aliphatic imine (C=N–C) groups is 1. The molecule has 1 atom stereocenters. The molecule has 0 radical (unpaired) electrons. The van der Waals surface area contributed by atoms with E-state index in [1.165, 1.54) is 0 Å². The average Bonchev–Trinajstić information content (AvgIpc) is 2.97. The number of likely N-dealkylation sites (N-methyl/N-ethyl adjacent to an activating group) is 1. The second-order valence-electron chi connectivity index (χ2n) is 8.60. The highest BCUT2D eigenvalue weighted by atomic mass is 16.5. The van der Waals surface area contributed by atoms with Crippen LogP contribution in [0.15, 0.2) is 59.9 Å². The van der Waals surface area contributed by atoms with Gasteiger partial charge in [0.05, 0.1) is 24.3 Å². The lowest BCUT2D eigenvalue weighted by molar-refractivity contribution is 0.0843. The van der Waals surface area contributed by atoms with Crippen LogP contribution in [0.1, 0.15) is 19.4 Å². The summed E-state index contributed by atoms with van der Waals surface area (Å²) in [5, 5.41) is 1.85. The lowest BCUT2D eigenvalue weighted by Gasteiger charge is -2.45. The van der Waals surface area contributed by atoms with Crippen molar-refractivity contribution in [3.8, 4) is 11.5 Å². The third-order valence-electron chi connectivity index (χ3n) is 6.81. The van der Waals surface area contributed by atoms with Crippen molar-refractivity contribution in [3.63, 3.8) is 0 Å². The number of nitrogens with zero attached hydrogens (tertiary/aromatic N) is 4. The van der Waals surface area contributed by atoms with Gasteiger partial charge in [-0.3, -0.25) is 15.0 Å². The van der Waals surface area contributed by atoms with Gasteiger partial charge in [-0.05, 0) is 61.9 Å². The normalized spacial score (nSPS) is 20.7. The Balaban J connectivity index is 1.63. The van der Waals surface area contributed by atoms with Gasteiger partial charge in [0.25, 0.3) is 0 Å². The molecule has 2 aromatic carbocycles. The lowest BCUT2D eigenvalue weighted by Crippen LogP contribution is -2.61. The number of benzene rings is 2. The Morgan fingerprint density at radius 1 is 0.968 bits per heavy atom. The van der Waals surface area contributed by atoms with Crippen molar-refractivity contribution in [1.82, 2.24) is 9.97 Å². The molecule has 0 amide bonds. The predicted molar refractivity (Wildman–Crippen MR) is 123 cm³/mol. The fourth-order valence-electron chi connectivity index (χ4n) is 5.05. The molecule has 0 aliphatic carbocycles. The molecule has 2 aliphatic heterocycles. The molecule has 4 aromatic rings. The number of pyridine rings is 2. The van der Waals surface area contributed by atoms with Crippen LogP contribution in [0.2, 0.25) is 0 Å². The van der Waals surface area contributed by atoms with E-state index in [-0.39, 0.29) is 5.41 Å². The van der Waals surface area contributed by atoms with Crippen LogP contribution in [-0.2, 0) is 5.41 Å². The van der Waals surface area contributed by atoms with Crippen LogP contribution in [0.3, 0.4) is 0 Å². The van der Waals surface area contributed by atoms with Gasteiger partial charge < -0.3 is 14.4 Å². The van der Waals surface area contributed by atoms with Gasteiger partial charge >= 0.3 is 0 Å². The molecule has 4 heterocycles. The minimum absolute atomic E-state index is 0.384. The van der Waals surface area contributed by atoms with Crippen molar-refractivity contribution in [1.29, 1.82) is 0 Å². The van der Waals surface area contributed by atoms with Crippen LogP contribution in [0.25, 0.3) is 21.8 Å². The maximum Gasteiger partial charge on any atom is 0.228 e. The van der Waals surface area contributed by atoms with E-state index in [1.54, 1.807) is 19.5 Å². The summed E-state index contributed by atoms with van der Waals surface area (Å²) in [6.45, 7) is 4.38. The molecule has 0 N–H and O–H groups in total. The lowest BCUT2D eigenvalue weighted by atomic mass is 9.77. The standard InChI is InChI=1S/C25H22N4O2/c1-24(2)18-13-15(30-4)9-10-19(18)29(3)25(24)14-28-22-16-7-5-11-26-20(16)21-17(23(22)31-25)8-6-12-27-21/h5-14H,1-4H3. The number of hydrogen-bond donors (Lipinski definition) is 0. The fourth-order valence-corrected chi connectivity index (χ4v) is 5.05.